The largest absolute Gasteiger partial charge is 0.352 e. The minimum absolute atomic E-state index is 0.0491. The average molecular weight is 275 g/mol. The van der Waals surface area contributed by atoms with Crippen molar-refractivity contribution in [2.75, 3.05) is 0 Å². The standard InChI is InChI=1S/C15H21N3O2/c1-3-4-5-6-12(2)17-14(19)11-18-10-13(9-16)7-8-15(18)20/h7-8,10,12H,3-6,11H2,1-2H3,(H,17,19). The zero-order chi connectivity index (χ0) is 15.0. The van der Waals surface area contributed by atoms with Gasteiger partial charge in [-0.1, -0.05) is 26.2 Å². The average Bonchev–Trinajstić information content (AvgIpc) is 2.41. The van der Waals surface area contributed by atoms with Gasteiger partial charge in [0.1, 0.15) is 12.6 Å². The zero-order valence-electron chi connectivity index (χ0n) is 12.1. The van der Waals surface area contributed by atoms with Gasteiger partial charge in [0, 0.05) is 18.3 Å². The Labute approximate surface area is 119 Å². The van der Waals surface area contributed by atoms with Crippen LogP contribution in [0, 0.1) is 11.3 Å². The highest BCUT2D eigenvalue weighted by molar-refractivity contribution is 5.76. The van der Waals surface area contributed by atoms with Crippen LogP contribution in [0.25, 0.3) is 0 Å². The SMILES string of the molecule is CCCCCC(C)NC(=O)Cn1cc(C#N)ccc1=O. The molecule has 0 aliphatic carbocycles. The molecule has 1 N–H and O–H groups in total. The Kier molecular flexibility index (Phi) is 6.51. The Morgan fingerprint density at radius 1 is 1.45 bits per heavy atom. The molecule has 0 aromatic carbocycles. The number of hydrogen-bond donors (Lipinski definition) is 1. The van der Waals surface area contributed by atoms with Crippen molar-refractivity contribution in [3.05, 3.63) is 34.2 Å². The highest BCUT2D eigenvalue weighted by Crippen LogP contribution is 2.02. The first-order valence-electron chi connectivity index (χ1n) is 6.96. The van der Waals surface area contributed by atoms with Crippen molar-refractivity contribution in [2.24, 2.45) is 0 Å². The van der Waals surface area contributed by atoms with E-state index in [0.29, 0.717) is 5.56 Å². The monoisotopic (exact) mass is 275 g/mol. The third-order valence-electron chi connectivity index (χ3n) is 3.07. The summed E-state index contributed by atoms with van der Waals surface area (Å²) in [5.41, 5.74) is 0.0891. The summed E-state index contributed by atoms with van der Waals surface area (Å²) in [7, 11) is 0. The number of carbonyl (C=O) groups is 1. The first kappa shape index (κ1) is 16.0. The molecule has 5 heteroatoms. The van der Waals surface area contributed by atoms with Crippen molar-refractivity contribution >= 4 is 5.91 Å². The number of aromatic nitrogens is 1. The topological polar surface area (TPSA) is 74.9 Å². The van der Waals surface area contributed by atoms with E-state index in [9.17, 15) is 9.59 Å². The summed E-state index contributed by atoms with van der Waals surface area (Å²) < 4.78 is 1.26. The first-order valence-corrected chi connectivity index (χ1v) is 6.96. The van der Waals surface area contributed by atoms with Crippen LogP contribution in [0.3, 0.4) is 0 Å². The van der Waals surface area contributed by atoms with Crippen molar-refractivity contribution in [2.45, 2.75) is 52.1 Å². The minimum Gasteiger partial charge on any atom is -0.352 e. The van der Waals surface area contributed by atoms with Gasteiger partial charge in [-0.25, -0.2) is 0 Å². The maximum absolute atomic E-state index is 11.9. The molecule has 5 nitrogen and oxygen atoms in total. The molecular formula is C15H21N3O2. The molecule has 0 fully saturated rings. The molecule has 1 amide bonds. The lowest BCUT2D eigenvalue weighted by molar-refractivity contribution is -0.122. The van der Waals surface area contributed by atoms with E-state index in [2.05, 4.69) is 12.2 Å². The number of nitrogens with one attached hydrogen (secondary N) is 1. The van der Waals surface area contributed by atoms with Gasteiger partial charge in [-0.05, 0) is 19.4 Å². The predicted octanol–water partition coefficient (Wildman–Crippen LogP) is 1.80. The molecule has 0 aliphatic rings. The molecule has 1 atom stereocenters. The number of amides is 1. The number of rotatable bonds is 7. The number of unbranched alkanes of at least 4 members (excludes halogenated alkanes) is 2. The Balaban J connectivity index is 2.54. The number of hydrogen-bond acceptors (Lipinski definition) is 3. The van der Waals surface area contributed by atoms with Gasteiger partial charge in [-0.3, -0.25) is 9.59 Å². The van der Waals surface area contributed by atoms with Gasteiger partial charge in [-0.2, -0.15) is 5.26 Å². The molecule has 1 unspecified atom stereocenters. The number of nitriles is 1. The van der Waals surface area contributed by atoms with Crippen LogP contribution in [0.4, 0.5) is 0 Å². The van der Waals surface area contributed by atoms with E-state index >= 15 is 0 Å². The van der Waals surface area contributed by atoms with Crippen LogP contribution in [0.1, 0.15) is 45.1 Å². The third kappa shape index (κ3) is 5.27. The van der Waals surface area contributed by atoms with Crippen molar-refractivity contribution < 1.29 is 4.79 Å². The smallest absolute Gasteiger partial charge is 0.251 e. The molecule has 0 saturated heterocycles. The number of pyridine rings is 1. The summed E-state index contributed by atoms with van der Waals surface area (Å²) in [5, 5.41) is 11.7. The van der Waals surface area contributed by atoms with Crippen molar-refractivity contribution in [3.8, 4) is 6.07 Å². The molecule has 0 spiro atoms. The van der Waals surface area contributed by atoms with Gasteiger partial charge in [0.05, 0.1) is 5.56 Å². The number of nitrogens with zero attached hydrogens (tertiary/aromatic N) is 2. The molecule has 20 heavy (non-hydrogen) atoms. The van der Waals surface area contributed by atoms with Gasteiger partial charge in [0.2, 0.25) is 5.91 Å². The van der Waals surface area contributed by atoms with Crippen LogP contribution in [0.2, 0.25) is 0 Å². The second-order valence-electron chi connectivity index (χ2n) is 4.96. The second-order valence-corrected chi connectivity index (χ2v) is 4.96. The van der Waals surface area contributed by atoms with Crippen LogP contribution >= 0.6 is 0 Å². The van der Waals surface area contributed by atoms with E-state index in [1.54, 1.807) is 0 Å². The predicted molar refractivity (Wildman–Crippen MR) is 77.2 cm³/mol. The lowest BCUT2D eigenvalue weighted by Gasteiger charge is -2.14. The Morgan fingerprint density at radius 3 is 2.85 bits per heavy atom. The molecular weight excluding hydrogens is 254 g/mol. The fourth-order valence-electron chi connectivity index (χ4n) is 1.97. The Morgan fingerprint density at radius 2 is 2.20 bits per heavy atom. The van der Waals surface area contributed by atoms with Crippen molar-refractivity contribution in [3.63, 3.8) is 0 Å². The first-order chi connectivity index (χ1) is 9.56. The molecule has 0 bridgehead atoms. The van der Waals surface area contributed by atoms with Gasteiger partial charge in [-0.15, -0.1) is 0 Å². The maximum atomic E-state index is 11.9. The Hall–Kier alpha value is -2.09. The van der Waals surface area contributed by atoms with Crippen LogP contribution < -0.4 is 10.9 Å². The van der Waals surface area contributed by atoms with E-state index in [4.69, 9.17) is 5.26 Å². The summed E-state index contributed by atoms with van der Waals surface area (Å²) in [6.45, 7) is 4.05. The summed E-state index contributed by atoms with van der Waals surface area (Å²) in [6, 6.07) is 4.80. The summed E-state index contributed by atoms with van der Waals surface area (Å²) >= 11 is 0. The highest BCUT2D eigenvalue weighted by atomic mass is 16.2. The molecule has 1 heterocycles. The highest BCUT2D eigenvalue weighted by Gasteiger charge is 2.09. The zero-order valence-corrected chi connectivity index (χ0v) is 12.1. The van der Waals surface area contributed by atoms with E-state index in [1.807, 2.05) is 13.0 Å². The summed E-state index contributed by atoms with van der Waals surface area (Å²) in [6.07, 6.45) is 5.74. The quantitative estimate of drug-likeness (QED) is 0.771. The van der Waals surface area contributed by atoms with E-state index in [0.717, 1.165) is 25.7 Å². The normalized spacial score (nSPS) is 11.7. The fraction of sp³-hybridized carbons (Fsp3) is 0.533. The third-order valence-corrected chi connectivity index (χ3v) is 3.07. The van der Waals surface area contributed by atoms with Crippen LogP contribution in [-0.4, -0.2) is 16.5 Å². The lowest BCUT2D eigenvalue weighted by Crippen LogP contribution is -2.37. The number of carbonyl (C=O) groups excluding carboxylic acids is 1. The van der Waals surface area contributed by atoms with E-state index in [-0.39, 0.29) is 24.1 Å². The van der Waals surface area contributed by atoms with E-state index < -0.39 is 0 Å². The molecule has 0 saturated carbocycles. The van der Waals surface area contributed by atoms with Gasteiger partial charge in [0.15, 0.2) is 0 Å². The lowest BCUT2D eigenvalue weighted by atomic mass is 10.1. The Bertz CT molecular complexity index is 543. The summed E-state index contributed by atoms with van der Waals surface area (Å²) in [5.74, 6) is -0.203. The fourth-order valence-corrected chi connectivity index (χ4v) is 1.97. The minimum atomic E-state index is -0.280. The molecule has 0 radical (unpaired) electrons. The van der Waals surface area contributed by atoms with E-state index in [1.165, 1.54) is 22.9 Å². The van der Waals surface area contributed by atoms with Crippen LogP contribution in [0.15, 0.2) is 23.1 Å². The second kappa shape index (κ2) is 8.16. The van der Waals surface area contributed by atoms with Gasteiger partial charge in [0.25, 0.3) is 5.56 Å². The summed E-state index contributed by atoms with van der Waals surface area (Å²) in [4.78, 5) is 23.4. The molecule has 1 aromatic heterocycles. The van der Waals surface area contributed by atoms with Crippen molar-refractivity contribution in [1.82, 2.24) is 9.88 Å². The molecule has 1 aromatic rings. The van der Waals surface area contributed by atoms with Gasteiger partial charge >= 0.3 is 0 Å². The molecule has 108 valence electrons. The molecule has 0 aliphatic heterocycles. The van der Waals surface area contributed by atoms with Crippen LogP contribution in [-0.2, 0) is 11.3 Å². The van der Waals surface area contributed by atoms with Crippen molar-refractivity contribution in [1.29, 1.82) is 5.26 Å². The maximum Gasteiger partial charge on any atom is 0.251 e. The molecule has 1 rings (SSSR count). The van der Waals surface area contributed by atoms with Gasteiger partial charge < -0.3 is 9.88 Å². The van der Waals surface area contributed by atoms with Crippen LogP contribution in [0.5, 0.6) is 0 Å².